The molecule has 0 radical (unpaired) electrons. The number of aromatic nitrogens is 1. The van der Waals surface area contributed by atoms with Crippen LogP contribution in [0.5, 0.6) is 5.75 Å². The molecule has 0 saturated carbocycles. The van der Waals surface area contributed by atoms with Gasteiger partial charge in [0.1, 0.15) is 12.4 Å². The number of halogens is 1. The molecule has 7 heteroatoms. The monoisotopic (exact) mass is 384 g/mol. The summed E-state index contributed by atoms with van der Waals surface area (Å²) in [5.74, 6) is 0.0251. The Balaban J connectivity index is 1.82. The Hall–Kier alpha value is -1.60. The standard InChI is InChI=1S/C15H17BrN2O3S/c1-9-5-11(16)6-10(2)14(9)21-4-3-17-15-18-12(8-22-15)7-13(19)20/h5-6,8H,3-4,7H2,1-2H3,(H,17,18)(H,19,20). The van der Waals surface area contributed by atoms with Gasteiger partial charge in [-0.25, -0.2) is 4.98 Å². The van der Waals surface area contributed by atoms with E-state index in [1.807, 2.05) is 26.0 Å². The Labute approximate surface area is 141 Å². The number of aryl methyl sites for hydroxylation is 2. The van der Waals surface area contributed by atoms with Crippen molar-refractivity contribution in [2.24, 2.45) is 0 Å². The van der Waals surface area contributed by atoms with E-state index in [9.17, 15) is 4.79 Å². The summed E-state index contributed by atoms with van der Waals surface area (Å²) in [6.45, 7) is 5.14. The van der Waals surface area contributed by atoms with Crippen molar-refractivity contribution in [1.29, 1.82) is 0 Å². The number of rotatable bonds is 7. The van der Waals surface area contributed by atoms with Gasteiger partial charge in [0.25, 0.3) is 0 Å². The van der Waals surface area contributed by atoms with E-state index in [2.05, 4.69) is 26.2 Å². The minimum absolute atomic E-state index is 0.0496. The third-order valence-electron chi connectivity index (χ3n) is 2.93. The highest BCUT2D eigenvalue weighted by Crippen LogP contribution is 2.27. The number of nitrogens with zero attached hydrogens (tertiary/aromatic N) is 1. The number of ether oxygens (including phenoxy) is 1. The summed E-state index contributed by atoms with van der Waals surface area (Å²) in [5, 5.41) is 14.3. The van der Waals surface area contributed by atoms with E-state index in [1.54, 1.807) is 5.38 Å². The van der Waals surface area contributed by atoms with E-state index >= 15 is 0 Å². The molecule has 118 valence electrons. The third kappa shape index (κ3) is 4.71. The lowest BCUT2D eigenvalue weighted by Crippen LogP contribution is -2.12. The molecule has 0 aliphatic rings. The van der Waals surface area contributed by atoms with Gasteiger partial charge in [0.15, 0.2) is 5.13 Å². The highest BCUT2D eigenvalue weighted by molar-refractivity contribution is 9.10. The third-order valence-corrected chi connectivity index (χ3v) is 4.24. The maximum atomic E-state index is 10.6. The van der Waals surface area contributed by atoms with Crippen LogP contribution in [0.4, 0.5) is 5.13 Å². The second-order valence-electron chi connectivity index (χ2n) is 4.86. The lowest BCUT2D eigenvalue weighted by atomic mass is 10.1. The largest absolute Gasteiger partial charge is 0.491 e. The van der Waals surface area contributed by atoms with Gasteiger partial charge in [-0.3, -0.25) is 4.79 Å². The molecule has 1 aromatic heterocycles. The van der Waals surface area contributed by atoms with Crippen LogP contribution in [0, 0.1) is 13.8 Å². The van der Waals surface area contributed by atoms with Crippen LogP contribution in [-0.2, 0) is 11.2 Å². The van der Waals surface area contributed by atoms with Crippen molar-refractivity contribution in [3.63, 3.8) is 0 Å². The van der Waals surface area contributed by atoms with Gasteiger partial charge in [0.2, 0.25) is 0 Å². The molecule has 0 atom stereocenters. The lowest BCUT2D eigenvalue weighted by Gasteiger charge is -2.12. The number of benzene rings is 1. The molecule has 0 unspecified atom stereocenters. The summed E-state index contributed by atoms with van der Waals surface area (Å²) in [6.07, 6.45) is -0.0496. The molecule has 5 nitrogen and oxygen atoms in total. The minimum atomic E-state index is -0.874. The highest BCUT2D eigenvalue weighted by atomic mass is 79.9. The van der Waals surface area contributed by atoms with Crippen LogP contribution in [0.25, 0.3) is 0 Å². The SMILES string of the molecule is Cc1cc(Br)cc(C)c1OCCNc1nc(CC(=O)O)cs1. The van der Waals surface area contributed by atoms with Crippen molar-refractivity contribution in [3.05, 3.63) is 38.8 Å². The zero-order valence-electron chi connectivity index (χ0n) is 12.4. The summed E-state index contributed by atoms with van der Waals surface area (Å²) >= 11 is 4.86. The molecule has 0 spiro atoms. The van der Waals surface area contributed by atoms with Crippen molar-refractivity contribution < 1.29 is 14.6 Å². The second-order valence-corrected chi connectivity index (χ2v) is 6.63. The normalized spacial score (nSPS) is 10.5. The maximum absolute atomic E-state index is 10.6. The van der Waals surface area contributed by atoms with Crippen LogP contribution in [-0.4, -0.2) is 29.2 Å². The number of carbonyl (C=O) groups is 1. The van der Waals surface area contributed by atoms with Gasteiger partial charge < -0.3 is 15.2 Å². The molecule has 0 aliphatic heterocycles. The Morgan fingerprint density at radius 3 is 2.73 bits per heavy atom. The van der Waals surface area contributed by atoms with Crippen molar-refractivity contribution in [1.82, 2.24) is 4.98 Å². The molecule has 2 aromatic rings. The Bertz CT molecular complexity index is 650. The molecule has 1 aromatic carbocycles. The number of aliphatic carboxylic acids is 1. The molecule has 0 saturated heterocycles. The zero-order valence-corrected chi connectivity index (χ0v) is 14.8. The number of thiazole rings is 1. The average Bonchev–Trinajstić information content (AvgIpc) is 2.83. The number of carboxylic acid groups (broad SMARTS) is 1. The van der Waals surface area contributed by atoms with Crippen LogP contribution in [0.3, 0.4) is 0 Å². The molecule has 0 fully saturated rings. The number of hydrogen-bond acceptors (Lipinski definition) is 5. The van der Waals surface area contributed by atoms with Gasteiger partial charge >= 0.3 is 5.97 Å². The summed E-state index contributed by atoms with van der Waals surface area (Å²) in [7, 11) is 0. The summed E-state index contributed by atoms with van der Waals surface area (Å²) in [6, 6.07) is 4.05. The fraction of sp³-hybridized carbons (Fsp3) is 0.333. The first-order chi connectivity index (χ1) is 10.5. The molecule has 0 aliphatic carbocycles. The summed E-state index contributed by atoms with van der Waals surface area (Å²) in [5.41, 5.74) is 2.75. The predicted molar refractivity (Wildman–Crippen MR) is 91.1 cm³/mol. The van der Waals surface area contributed by atoms with Gasteiger partial charge in [0.05, 0.1) is 18.7 Å². The van der Waals surface area contributed by atoms with E-state index in [1.165, 1.54) is 11.3 Å². The maximum Gasteiger partial charge on any atom is 0.309 e. The summed E-state index contributed by atoms with van der Waals surface area (Å²) in [4.78, 5) is 14.8. The quantitative estimate of drug-likeness (QED) is 0.712. The van der Waals surface area contributed by atoms with Gasteiger partial charge in [-0.2, -0.15) is 0 Å². The second kappa shape index (κ2) is 7.60. The van der Waals surface area contributed by atoms with Gasteiger partial charge in [0, 0.05) is 9.85 Å². The Morgan fingerprint density at radius 1 is 1.41 bits per heavy atom. The zero-order chi connectivity index (χ0) is 16.1. The van der Waals surface area contributed by atoms with E-state index in [4.69, 9.17) is 9.84 Å². The summed E-state index contributed by atoms with van der Waals surface area (Å²) < 4.78 is 6.86. The molecule has 0 bridgehead atoms. The van der Waals surface area contributed by atoms with Crippen molar-refractivity contribution >= 4 is 38.4 Å². The van der Waals surface area contributed by atoms with Crippen molar-refractivity contribution in [2.45, 2.75) is 20.3 Å². The first-order valence-corrected chi connectivity index (χ1v) is 8.42. The molecular formula is C15H17BrN2O3S. The number of anilines is 1. The number of nitrogens with one attached hydrogen (secondary N) is 1. The molecule has 22 heavy (non-hydrogen) atoms. The van der Waals surface area contributed by atoms with Gasteiger partial charge in [-0.15, -0.1) is 11.3 Å². The van der Waals surface area contributed by atoms with E-state index < -0.39 is 5.97 Å². The van der Waals surface area contributed by atoms with Crippen molar-refractivity contribution in [2.75, 3.05) is 18.5 Å². The fourth-order valence-electron chi connectivity index (χ4n) is 2.06. The highest BCUT2D eigenvalue weighted by Gasteiger charge is 2.07. The van der Waals surface area contributed by atoms with Gasteiger partial charge in [-0.1, -0.05) is 15.9 Å². The van der Waals surface area contributed by atoms with E-state index in [-0.39, 0.29) is 6.42 Å². The first kappa shape index (κ1) is 16.8. The minimum Gasteiger partial charge on any atom is -0.491 e. The van der Waals surface area contributed by atoms with E-state index in [0.717, 1.165) is 21.3 Å². The molecule has 2 N–H and O–H groups in total. The van der Waals surface area contributed by atoms with Crippen LogP contribution in [0.15, 0.2) is 22.0 Å². The molecule has 1 heterocycles. The Morgan fingerprint density at radius 2 is 2.09 bits per heavy atom. The first-order valence-electron chi connectivity index (χ1n) is 6.75. The number of carboxylic acids is 1. The van der Waals surface area contributed by atoms with Gasteiger partial charge in [-0.05, 0) is 37.1 Å². The predicted octanol–water partition coefficient (Wildman–Crippen LogP) is 3.64. The van der Waals surface area contributed by atoms with Crippen molar-refractivity contribution in [3.8, 4) is 5.75 Å². The molecular weight excluding hydrogens is 368 g/mol. The van der Waals surface area contributed by atoms with Crippen LogP contribution in [0.2, 0.25) is 0 Å². The molecule has 0 amide bonds. The van der Waals surface area contributed by atoms with E-state index in [0.29, 0.717) is 24.0 Å². The number of hydrogen-bond donors (Lipinski definition) is 2. The van der Waals surface area contributed by atoms with Crippen LogP contribution >= 0.6 is 27.3 Å². The van der Waals surface area contributed by atoms with Crippen LogP contribution in [0.1, 0.15) is 16.8 Å². The smallest absolute Gasteiger partial charge is 0.309 e. The molecule has 2 rings (SSSR count). The lowest BCUT2D eigenvalue weighted by molar-refractivity contribution is -0.136. The fourth-order valence-corrected chi connectivity index (χ4v) is 3.49. The topological polar surface area (TPSA) is 71.5 Å². The average molecular weight is 385 g/mol. The van der Waals surface area contributed by atoms with Crippen LogP contribution < -0.4 is 10.1 Å². The Kier molecular flexibility index (Phi) is 5.79.